The molecule has 7 atom stereocenters. The summed E-state index contributed by atoms with van der Waals surface area (Å²) in [5.74, 6) is -0.296. The molecule has 4 heterocycles. The highest BCUT2D eigenvalue weighted by Gasteiger charge is 2.34. The molecule has 7 unspecified atom stereocenters. The molecule has 0 fully saturated rings. The van der Waals surface area contributed by atoms with Crippen molar-refractivity contribution < 1.29 is 64.9 Å². The van der Waals surface area contributed by atoms with Gasteiger partial charge < -0.3 is 18.9 Å². The molecule has 32 nitrogen and oxygen atoms in total. The fraction of sp³-hybridized carbons (Fsp3) is 0.659. The number of furan rings is 2. The number of nitrogens with one attached hydrogen (secondary N) is 8. The minimum Gasteiger partial charge on any atom is -0.403 e. The van der Waals surface area contributed by atoms with Gasteiger partial charge in [0.2, 0.25) is 0 Å². The van der Waals surface area contributed by atoms with Gasteiger partial charge in [0.25, 0.3) is 5.69 Å². The molecule has 0 bridgehead atoms. The first-order valence-electron chi connectivity index (χ1n) is 26.3. The molecule has 0 radical (unpaired) electrons. The van der Waals surface area contributed by atoms with E-state index in [1.165, 1.54) is 53.4 Å². The summed E-state index contributed by atoms with van der Waals surface area (Å²) in [4.78, 5) is 45.1. The van der Waals surface area contributed by atoms with E-state index >= 15 is 0 Å². The van der Waals surface area contributed by atoms with E-state index in [0.717, 1.165) is 19.3 Å². The van der Waals surface area contributed by atoms with Crippen LogP contribution in [0.15, 0.2) is 44.7 Å². The van der Waals surface area contributed by atoms with Crippen LogP contribution in [0.3, 0.4) is 0 Å². The van der Waals surface area contributed by atoms with Crippen molar-refractivity contribution in [3.63, 3.8) is 0 Å². The first-order valence-corrected chi connectivity index (χ1v) is 38.7. The van der Waals surface area contributed by atoms with Crippen LogP contribution in [0.1, 0.15) is 120 Å². The third-order valence-corrected chi connectivity index (χ3v) is 21.1. The monoisotopic (exact) mass is 1600 g/mol. The van der Waals surface area contributed by atoms with Crippen LogP contribution in [0, 0.1) is 47.4 Å². The van der Waals surface area contributed by atoms with Crippen molar-refractivity contribution in [3.05, 3.63) is 104 Å². The molecule has 0 aliphatic rings. The Morgan fingerprint density at radius 2 is 0.919 bits per heavy atom. The Labute approximate surface area is 541 Å². The van der Waals surface area contributed by atoms with Crippen LogP contribution >= 0.6 is 117 Å². The van der Waals surface area contributed by atoms with Gasteiger partial charge >= 0.3 is 48.4 Å². The van der Waals surface area contributed by atoms with Crippen LogP contribution in [-0.2, 0) is 43.4 Å². The predicted octanol–water partition coefficient (Wildman–Crippen LogP) is 13.2. The van der Waals surface area contributed by atoms with Crippen molar-refractivity contribution in [1.82, 2.24) is 50.2 Å². The second-order valence-electron chi connectivity index (χ2n) is 17.5. The van der Waals surface area contributed by atoms with E-state index in [2.05, 4.69) is 109 Å². The van der Waals surface area contributed by atoms with Gasteiger partial charge in [0.1, 0.15) is 62.6 Å². The second-order valence-corrected chi connectivity index (χ2v) is 29.7. The molecule has 4 aromatic heterocycles. The molecule has 0 saturated heterocycles. The van der Waals surface area contributed by atoms with Crippen LogP contribution < -0.4 is 40.7 Å². The minimum absolute atomic E-state index is 0.0417. The van der Waals surface area contributed by atoms with E-state index < -0.39 is 74.8 Å². The number of aromatic nitrogens is 2. The lowest BCUT2D eigenvalue weighted by Gasteiger charge is -2.23. The molecule has 4 rings (SSSR count). The van der Waals surface area contributed by atoms with Gasteiger partial charge in [-0.25, -0.2) is 45.3 Å². The number of aryl methyl sites for hydroxylation is 1. The number of imidazole rings is 1. The van der Waals surface area contributed by atoms with Crippen LogP contribution in [0.25, 0.3) is 0 Å². The lowest BCUT2D eigenvalue weighted by atomic mass is 10.2. The van der Waals surface area contributed by atoms with E-state index in [-0.39, 0.29) is 40.8 Å². The third kappa shape index (κ3) is 29.8. The molecule has 86 heavy (non-hydrogen) atoms. The van der Waals surface area contributed by atoms with Gasteiger partial charge in [-0.3, -0.25) is 66.7 Å². The zero-order valence-electron chi connectivity index (χ0n) is 48.7. The van der Waals surface area contributed by atoms with Crippen LogP contribution in [0.4, 0.5) is 23.4 Å². The predicted molar refractivity (Wildman–Crippen MR) is 346 cm³/mol. The molecule has 0 aliphatic heterocycles. The number of thiophene rings is 1. The fourth-order valence-corrected chi connectivity index (χ4v) is 16.7. The largest absolute Gasteiger partial charge is 0.434 e. The maximum absolute atomic E-state index is 12.8. The number of hydrogen-bond donors (Lipinski definition) is 8. The van der Waals surface area contributed by atoms with Crippen molar-refractivity contribution in [1.29, 1.82) is 0 Å². The topological polar surface area (TPSA) is 418 Å². The number of rotatable bonds is 40. The maximum atomic E-state index is 12.8. The zero-order chi connectivity index (χ0) is 65.3. The van der Waals surface area contributed by atoms with Crippen molar-refractivity contribution in [2.75, 3.05) is 79.6 Å². The summed E-state index contributed by atoms with van der Waals surface area (Å²) < 4.78 is 84.3. The van der Waals surface area contributed by atoms with Gasteiger partial charge in [0, 0.05) is 90.5 Å². The molecular weight excluding hydrogens is 1520 g/mol. The van der Waals surface area contributed by atoms with E-state index in [0.29, 0.717) is 89.8 Å². The Hall–Kier alpha value is -2.28. The zero-order valence-corrected chi connectivity index (χ0v) is 60.2. The van der Waals surface area contributed by atoms with Crippen LogP contribution in [0.2, 0.25) is 0 Å². The normalized spacial score (nSPS) is 15.0. The molecule has 0 amide bonds. The first kappa shape index (κ1) is 81.7. The number of nitrogens with zero attached hydrogens (tertiary/aromatic N) is 6. The highest BCUT2D eigenvalue weighted by atomic mass is 79.9. The Morgan fingerprint density at radius 1 is 0.570 bits per heavy atom. The average Bonchev–Trinajstić information content (AvgIpc) is 4.51. The van der Waals surface area contributed by atoms with E-state index in [1.807, 2.05) is 20.8 Å². The molecular formula is C44H77Br4ClN14O18P4S. The van der Waals surface area contributed by atoms with Crippen molar-refractivity contribution in [3.8, 4) is 0 Å². The highest BCUT2D eigenvalue weighted by Crippen LogP contribution is 2.48. The van der Waals surface area contributed by atoms with Gasteiger partial charge in [-0.15, -0.1) is 22.9 Å². The van der Waals surface area contributed by atoms with Crippen LogP contribution in [0.5, 0.6) is 0 Å². The lowest BCUT2D eigenvalue weighted by molar-refractivity contribution is -0.402. The van der Waals surface area contributed by atoms with Crippen molar-refractivity contribution in [2.45, 2.75) is 99.1 Å². The molecule has 0 aromatic carbocycles. The Balaban J connectivity index is 0.000000573. The Morgan fingerprint density at radius 3 is 1.22 bits per heavy atom. The number of hydrogen-bond acceptors (Lipinski definition) is 20. The van der Waals surface area contributed by atoms with Gasteiger partial charge in [0.15, 0.2) is 0 Å². The Kier molecular flexibility index (Phi) is 40.6. The third-order valence-electron chi connectivity index (χ3n) is 10.5. The van der Waals surface area contributed by atoms with E-state index in [4.69, 9.17) is 38.5 Å². The van der Waals surface area contributed by atoms with Crippen molar-refractivity contribution in [2.24, 2.45) is 7.05 Å². The smallest absolute Gasteiger partial charge is 0.403 e. The van der Waals surface area contributed by atoms with E-state index in [9.17, 15) is 58.7 Å². The number of nitro groups is 4. The molecule has 0 spiro atoms. The lowest BCUT2D eigenvalue weighted by Crippen LogP contribution is -2.27. The fourth-order valence-electron chi connectivity index (χ4n) is 6.60. The summed E-state index contributed by atoms with van der Waals surface area (Å²) in [6.45, 7) is 17.8. The summed E-state index contributed by atoms with van der Waals surface area (Å²) in [7, 11) is -11.6. The Bertz CT molecular complexity index is 2740. The van der Waals surface area contributed by atoms with Gasteiger partial charge in [-0.05, 0) is 70.9 Å². The number of halogens is 5. The summed E-state index contributed by atoms with van der Waals surface area (Å²) >= 11 is 19.8. The maximum Gasteiger partial charge on any atom is 0.434 e. The standard InChI is InChI=1S/C12H21BrN3O4PS.C11H21BrN5O4P.C11H19ClN3O5P.C10H16Br2N3O5P/c1-4-6-14-21(19,15-7-5-13)20-10(3)12-11(16(17)18)9(2)8-22-12;1-4-6-14-22(20,15-7-5-12)21-9(2)10-8-13-11(16(10)3)17(18)19;1-3-7-13-21(18,14-8-6-12)20-9(2)10-4-5-11(19-10)15(16)17;1-8(9-2-3-10(19-9)15(16)17)20-21(18,13-6-4-11)14-7-5-12/h8,10H,4-7H2,1-3H3,(H2,14,15,19);8-9H,4-7H2,1-3H3,(H2,14,15,20);4-5,9H,3,6-8H2,1-2H3,(H2,13,14,18);2-3,8H,4-7H2,1H3,(H2,13,14,18). The summed E-state index contributed by atoms with van der Waals surface area (Å²) in [5.41, 5.74) is 1.11. The van der Waals surface area contributed by atoms with Gasteiger partial charge in [-0.1, -0.05) is 89.5 Å². The summed E-state index contributed by atoms with van der Waals surface area (Å²) in [6.07, 6.45) is 1.06. The first-order chi connectivity index (χ1) is 40.5. The molecule has 8 N–H and O–H groups in total. The quantitative estimate of drug-likeness (QED) is 0.00887. The second kappa shape index (κ2) is 42.7. The van der Waals surface area contributed by atoms with Crippen molar-refractivity contribution >= 4 is 141 Å². The molecule has 0 saturated carbocycles. The minimum atomic E-state index is -3.30. The summed E-state index contributed by atoms with van der Waals surface area (Å²) in [5, 5.41) is 69.9. The van der Waals surface area contributed by atoms with Gasteiger partial charge in [0.05, 0.1) is 24.1 Å². The molecule has 42 heteroatoms. The molecule has 0 aliphatic carbocycles. The van der Waals surface area contributed by atoms with E-state index in [1.54, 1.807) is 40.0 Å². The molecule has 492 valence electrons. The SMILES string of the molecule is CC(OP(=O)(NCCBr)NCCBr)c1ccc([N+](=O)[O-])o1.CCCNP(=O)(NCCBr)OC(C)c1cnc([N+](=O)[O-])n1C.CCCNP(=O)(NCCBr)OC(C)c1scc(C)c1[N+](=O)[O-].CCCNP(=O)(NCCCl)OC(C)c1ccc([N+](=O)[O-])o1. The molecule has 4 aromatic rings. The van der Waals surface area contributed by atoms with Gasteiger partial charge in [-0.2, -0.15) is 0 Å². The highest BCUT2D eigenvalue weighted by molar-refractivity contribution is 9.09. The summed E-state index contributed by atoms with van der Waals surface area (Å²) in [6, 6.07) is 5.32. The average molecular weight is 1600 g/mol. The van der Waals surface area contributed by atoms with Crippen LogP contribution in [-0.4, -0.2) is 109 Å². The number of alkyl halides is 5.